The van der Waals surface area contributed by atoms with Crippen molar-refractivity contribution < 1.29 is 0 Å². The van der Waals surface area contributed by atoms with Crippen LogP contribution in [0.25, 0.3) is 0 Å². The Morgan fingerprint density at radius 2 is 2.11 bits per heavy atom. The molecule has 19 heavy (non-hydrogen) atoms. The second-order valence-electron chi connectivity index (χ2n) is 5.91. The highest BCUT2D eigenvalue weighted by molar-refractivity contribution is 5.85. The summed E-state index contributed by atoms with van der Waals surface area (Å²) in [5.41, 5.74) is 1.36. The minimum absolute atomic E-state index is 0. The van der Waals surface area contributed by atoms with Gasteiger partial charge in [0.25, 0.3) is 0 Å². The molecule has 2 saturated heterocycles. The van der Waals surface area contributed by atoms with Gasteiger partial charge in [0, 0.05) is 37.4 Å². The van der Waals surface area contributed by atoms with Crippen LogP contribution in [0, 0.1) is 0 Å². The molecule has 0 amide bonds. The smallest absolute Gasteiger partial charge is 0.0527 e. The average molecular weight is 285 g/mol. The van der Waals surface area contributed by atoms with E-state index in [1.165, 1.54) is 31.5 Å². The number of hydrogen-bond acceptors (Lipinski definition) is 3. The van der Waals surface area contributed by atoms with Crippen LogP contribution in [0.15, 0.2) is 12.3 Å². The van der Waals surface area contributed by atoms with Crippen molar-refractivity contribution >= 4 is 12.4 Å². The minimum Gasteiger partial charge on any atom is -0.315 e. The van der Waals surface area contributed by atoms with Crippen molar-refractivity contribution in [3.8, 4) is 0 Å². The second kappa shape index (κ2) is 6.25. The fourth-order valence-electron chi connectivity index (χ4n) is 3.46. The Bertz CT molecular complexity index is 390. The molecule has 0 spiro atoms. The lowest BCUT2D eigenvalue weighted by molar-refractivity contribution is 0.186. The van der Waals surface area contributed by atoms with Crippen LogP contribution >= 0.6 is 12.4 Å². The van der Waals surface area contributed by atoms with Gasteiger partial charge in [0.2, 0.25) is 0 Å². The highest BCUT2D eigenvalue weighted by atomic mass is 35.5. The molecule has 1 N–H and O–H groups in total. The van der Waals surface area contributed by atoms with Crippen LogP contribution in [0.3, 0.4) is 0 Å². The van der Waals surface area contributed by atoms with E-state index in [4.69, 9.17) is 0 Å². The first-order valence-electron chi connectivity index (χ1n) is 7.24. The molecule has 2 unspecified atom stereocenters. The maximum absolute atomic E-state index is 4.45. The summed E-state index contributed by atoms with van der Waals surface area (Å²) in [5, 5.41) is 8.01. The van der Waals surface area contributed by atoms with Gasteiger partial charge in [0.1, 0.15) is 0 Å². The molecular weight excluding hydrogens is 260 g/mol. The van der Waals surface area contributed by atoms with E-state index in [2.05, 4.69) is 39.9 Å². The molecule has 0 radical (unpaired) electrons. The van der Waals surface area contributed by atoms with E-state index in [9.17, 15) is 0 Å². The molecule has 0 aromatic carbocycles. The number of nitrogens with zero attached hydrogens (tertiary/aromatic N) is 3. The van der Waals surface area contributed by atoms with Crippen LogP contribution in [0.5, 0.6) is 0 Å². The number of aromatic nitrogens is 2. The van der Waals surface area contributed by atoms with Crippen molar-refractivity contribution in [2.45, 2.75) is 57.8 Å². The summed E-state index contributed by atoms with van der Waals surface area (Å²) >= 11 is 0. The average Bonchev–Trinajstić information content (AvgIpc) is 2.84. The van der Waals surface area contributed by atoms with Crippen LogP contribution < -0.4 is 5.32 Å². The van der Waals surface area contributed by atoms with Crippen molar-refractivity contribution in [3.63, 3.8) is 0 Å². The van der Waals surface area contributed by atoms with Crippen LogP contribution in [0.4, 0.5) is 0 Å². The molecule has 0 saturated carbocycles. The molecule has 4 nitrogen and oxygen atoms in total. The molecule has 3 rings (SSSR count). The van der Waals surface area contributed by atoms with Gasteiger partial charge in [-0.1, -0.05) is 0 Å². The van der Waals surface area contributed by atoms with E-state index >= 15 is 0 Å². The zero-order chi connectivity index (χ0) is 12.5. The third-order valence-corrected chi connectivity index (χ3v) is 4.39. The summed E-state index contributed by atoms with van der Waals surface area (Å²) in [5.74, 6) is 0. The normalized spacial score (nSPS) is 27.3. The second-order valence-corrected chi connectivity index (χ2v) is 5.91. The standard InChI is InChI=1S/C14H24N4.ClH/c1-11(2)18-14(6-8-16-18)10-17-12-3-4-13(17)9-15-7-5-12;/h6,8,11-13,15H,3-5,7,9-10H2,1-2H3;1H. The third-order valence-electron chi connectivity index (χ3n) is 4.39. The van der Waals surface area contributed by atoms with Crippen molar-refractivity contribution in [1.29, 1.82) is 0 Å². The molecule has 1 aromatic rings. The van der Waals surface area contributed by atoms with E-state index in [0.29, 0.717) is 6.04 Å². The lowest BCUT2D eigenvalue weighted by atomic mass is 10.1. The van der Waals surface area contributed by atoms with Crippen LogP contribution in [0.1, 0.15) is 44.8 Å². The van der Waals surface area contributed by atoms with E-state index in [0.717, 1.165) is 25.2 Å². The Labute approximate surface area is 122 Å². The van der Waals surface area contributed by atoms with Gasteiger partial charge < -0.3 is 5.32 Å². The summed E-state index contributed by atoms with van der Waals surface area (Å²) < 4.78 is 2.16. The summed E-state index contributed by atoms with van der Waals surface area (Å²) in [6, 6.07) is 4.14. The molecule has 3 heterocycles. The van der Waals surface area contributed by atoms with Gasteiger partial charge in [-0.3, -0.25) is 9.58 Å². The summed E-state index contributed by atoms with van der Waals surface area (Å²) in [6.45, 7) is 7.81. The Morgan fingerprint density at radius 3 is 2.89 bits per heavy atom. The number of nitrogens with one attached hydrogen (secondary N) is 1. The number of fused-ring (bicyclic) bond motifs is 2. The summed E-state index contributed by atoms with van der Waals surface area (Å²) in [7, 11) is 0. The predicted molar refractivity (Wildman–Crippen MR) is 79.7 cm³/mol. The van der Waals surface area contributed by atoms with Gasteiger partial charge in [0.15, 0.2) is 0 Å². The fraction of sp³-hybridized carbons (Fsp3) is 0.786. The van der Waals surface area contributed by atoms with Gasteiger partial charge >= 0.3 is 0 Å². The van der Waals surface area contributed by atoms with Crippen molar-refractivity contribution in [2.24, 2.45) is 0 Å². The van der Waals surface area contributed by atoms with Crippen molar-refractivity contribution in [2.75, 3.05) is 13.1 Å². The molecule has 2 bridgehead atoms. The van der Waals surface area contributed by atoms with Gasteiger partial charge in [-0.25, -0.2) is 0 Å². The largest absolute Gasteiger partial charge is 0.315 e. The molecule has 108 valence electrons. The SMILES string of the molecule is CC(C)n1nccc1CN1C2CCNCC1CC2.Cl. The number of rotatable bonds is 3. The lowest BCUT2D eigenvalue weighted by Gasteiger charge is -2.28. The van der Waals surface area contributed by atoms with Gasteiger partial charge in [-0.2, -0.15) is 5.10 Å². The monoisotopic (exact) mass is 284 g/mol. The molecular formula is C14H25ClN4. The first-order valence-corrected chi connectivity index (χ1v) is 7.24. The first kappa shape index (κ1) is 14.8. The first-order chi connectivity index (χ1) is 8.75. The maximum atomic E-state index is 4.45. The summed E-state index contributed by atoms with van der Waals surface area (Å²) in [4.78, 5) is 2.70. The van der Waals surface area contributed by atoms with Gasteiger partial charge in [-0.05, 0) is 45.7 Å². The molecule has 2 aliphatic rings. The predicted octanol–water partition coefficient (Wildman–Crippen LogP) is 2.21. The zero-order valence-electron chi connectivity index (χ0n) is 11.9. The van der Waals surface area contributed by atoms with E-state index < -0.39 is 0 Å². The van der Waals surface area contributed by atoms with E-state index in [1.54, 1.807) is 0 Å². The molecule has 2 aliphatic heterocycles. The third kappa shape index (κ3) is 2.96. The Kier molecular flexibility index (Phi) is 4.87. The van der Waals surface area contributed by atoms with E-state index in [1.807, 2.05) is 6.20 Å². The molecule has 5 heteroatoms. The molecule has 0 aliphatic carbocycles. The zero-order valence-corrected chi connectivity index (χ0v) is 12.7. The van der Waals surface area contributed by atoms with Crippen LogP contribution in [0.2, 0.25) is 0 Å². The lowest BCUT2D eigenvalue weighted by Crippen LogP contribution is -2.38. The van der Waals surface area contributed by atoms with Crippen molar-refractivity contribution in [3.05, 3.63) is 18.0 Å². The topological polar surface area (TPSA) is 33.1 Å². The maximum Gasteiger partial charge on any atom is 0.0527 e. The Morgan fingerprint density at radius 1 is 1.32 bits per heavy atom. The van der Waals surface area contributed by atoms with Gasteiger partial charge in [0.05, 0.1) is 5.69 Å². The minimum atomic E-state index is 0. The summed E-state index contributed by atoms with van der Waals surface area (Å²) in [6.07, 6.45) is 5.97. The van der Waals surface area contributed by atoms with Crippen LogP contribution in [-0.4, -0.2) is 39.9 Å². The number of halogens is 1. The van der Waals surface area contributed by atoms with Crippen LogP contribution in [-0.2, 0) is 6.54 Å². The Hall–Kier alpha value is -0.580. The van der Waals surface area contributed by atoms with Gasteiger partial charge in [-0.15, -0.1) is 12.4 Å². The highest BCUT2D eigenvalue weighted by Gasteiger charge is 2.35. The molecule has 1 aromatic heterocycles. The van der Waals surface area contributed by atoms with E-state index in [-0.39, 0.29) is 12.4 Å². The number of hydrogen-bond donors (Lipinski definition) is 1. The quantitative estimate of drug-likeness (QED) is 0.924. The Balaban J connectivity index is 0.00000133. The van der Waals surface area contributed by atoms with Crippen molar-refractivity contribution in [1.82, 2.24) is 20.0 Å². The molecule has 2 atom stereocenters. The fourth-order valence-corrected chi connectivity index (χ4v) is 3.46. The molecule has 2 fully saturated rings. The highest BCUT2D eigenvalue weighted by Crippen LogP contribution is 2.29.